The summed E-state index contributed by atoms with van der Waals surface area (Å²) >= 11 is 0. The summed E-state index contributed by atoms with van der Waals surface area (Å²) in [5.41, 5.74) is 4.60. The van der Waals surface area contributed by atoms with E-state index in [1.165, 1.54) is 11.4 Å². The van der Waals surface area contributed by atoms with Crippen molar-refractivity contribution in [2.24, 2.45) is 0 Å². The summed E-state index contributed by atoms with van der Waals surface area (Å²) in [6.45, 7) is 2.86. The third-order valence-electron chi connectivity index (χ3n) is 6.71. The molecule has 0 unspecified atom stereocenters. The predicted octanol–water partition coefficient (Wildman–Crippen LogP) is 4.10. The molecule has 2 aromatic carbocycles. The molecule has 5 rings (SSSR count). The minimum atomic E-state index is -1.66. The highest BCUT2D eigenvalue weighted by atomic mass is 16.6. The van der Waals surface area contributed by atoms with E-state index in [9.17, 15) is 0 Å². The minimum absolute atomic E-state index is 0.454. The van der Waals surface area contributed by atoms with Crippen LogP contribution in [0.15, 0.2) is 66.7 Å². The number of pyridine rings is 1. The van der Waals surface area contributed by atoms with Crippen LogP contribution in [0.3, 0.4) is 0 Å². The quantitative estimate of drug-likeness (QED) is 0.384. The lowest BCUT2D eigenvalue weighted by Gasteiger charge is -2.46. The van der Waals surface area contributed by atoms with Gasteiger partial charge in [0.2, 0.25) is 11.4 Å². The number of hydrogen-bond acceptors (Lipinski definition) is 2. The highest BCUT2D eigenvalue weighted by Gasteiger charge is 2.49. The molecule has 0 N–H and O–H groups in total. The molecular weight excluding hydrogens is 359 g/mol. The van der Waals surface area contributed by atoms with Crippen LogP contribution in [0.1, 0.15) is 13.8 Å². The van der Waals surface area contributed by atoms with Crippen LogP contribution in [0.2, 0.25) is 0 Å². The van der Waals surface area contributed by atoms with Crippen molar-refractivity contribution >= 4 is 6.55 Å². The molecule has 148 valence electrons. The van der Waals surface area contributed by atoms with Crippen LogP contribution in [0, 0.1) is 0 Å². The molecule has 0 fully saturated rings. The van der Waals surface area contributed by atoms with Crippen molar-refractivity contribution in [1.82, 2.24) is 0 Å². The standard InChI is InChI=1S/C24H28BN2O2/c1-18(2)27(3,4)17-25-16-26-21(19-10-5-7-14-23(19)28-25)12-9-13-22(26)20-11-6-8-15-24(20)29-25/h5-15,18H,16-17H2,1-4H3/q+1. The van der Waals surface area contributed by atoms with Crippen LogP contribution in [-0.4, -0.2) is 37.6 Å². The van der Waals surface area contributed by atoms with E-state index in [2.05, 4.69) is 87.1 Å². The average Bonchev–Trinajstić information content (AvgIpc) is 2.90. The Morgan fingerprint density at radius 3 is 1.86 bits per heavy atom. The van der Waals surface area contributed by atoms with Gasteiger partial charge in [-0.25, -0.2) is 4.57 Å². The smallest absolute Gasteiger partial charge is 0.461 e. The van der Waals surface area contributed by atoms with Gasteiger partial charge in [-0.05, 0) is 44.2 Å². The van der Waals surface area contributed by atoms with Gasteiger partial charge in [0.15, 0.2) is 0 Å². The molecule has 2 aliphatic heterocycles. The molecule has 3 heterocycles. The van der Waals surface area contributed by atoms with E-state index < -0.39 is 6.55 Å². The molecule has 0 atom stereocenters. The second-order valence-corrected chi connectivity index (χ2v) is 9.24. The van der Waals surface area contributed by atoms with Gasteiger partial charge in [0, 0.05) is 18.6 Å². The molecule has 3 aromatic rings. The van der Waals surface area contributed by atoms with Crippen LogP contribution in [0.25, 0.3) is 22.5 Å². The predicted molar refractivity (Wildman–Crippen MR) is 117 cm³/mol. The van der Waals surface area contributed by atoms with E-state index in [4.69, 9.17) is 9.31 Å². The van der Waals surface area contributed by atoms with Crippen molar-refractivity contribution < 1.29 is 18.4 Å². The van der Waals surface area contributed by atoms with Crippen LogP contribution in [-0.2, 0) is 6.44 Å². The summed E-state index contributed by atoms with van der Waals surface area (Å²) in [5, 5.41) is 0. The first-order chi connectivity index (χ1) is 13.9. The van der Waals surface area contributed by atoms with Gasteiger partial charge >= 0.3 is 6.55 Å². The summed E-state index contributed by atoms with van der Waals surface area (Å²) in [7, 11) is 4.53. The van der Waals surface area contributed by atoms with Crippen molar-refractivity contribution in [3.8, 4) is 34.0 Å². The first-order valence-corrected chi connectivity index (χ1v) is 10.5. The van der Waals surface area contributed by atoms with Crippen molar-refractivity contribution in [3.05, 3.63) is 66.7 Å². The van der Waals surface area contributed by atoms with E-state index in [0.717, 1.165) is 33.6 Å². The van der Waals surface area contributed by atoms with Gasteiger partial charge in [-0.2, -0.15) is 0 Å². The summed E-state index contributed by atoms with van der Waals surface area (Å²) in [4.78, 5) is 0. The van der Waals surface area contributed by atoms with Crippen molar-refractivity contribution in [3.63, 3.8) is 0 Å². The molecule has 0 spiro atoms. The summed E-state index contributed by atoms with van der Waals surface area (Å²) in [6.07, 6.45) is 1.49. The summed E-state index contributed by atoms with van der Waals surface area (Å²) in [5.74, 6) is 1.80. The number of rotatable bonds is 3. The van der Waals surface area contributed by atoms with E-state index in [1.54, 1.807) is 0 Å². The lowest BCUT2D eigenvalue weighted by atomic mass is 9.55. The van der Waals surface area contributed by atoms with Gasteiger partial charge in [-0.3, -0.25) is 0 Å². The monoisotopic (exact) mass is 387 g/mol. The van der Waals surface area contributed by atoms with Gasteiger partial charge in [-0.1, -0.05) is 24.3 Å². The molecule has 2 aliphatic rings. The molecule has 0 amide bonds. The topological polar surface area (TPSA) is 22.3 Å². The fraction of sp³-hybridized carbons (Fsp3) is 0.292. The molecule has 4 nitrogen and oxygen atoms in total. The first-order valence-electron chi connectivity index (χ1n) is 10.5. The van der Waals surface area contributed by atoms with Crippen molar-refractivity contribution in [2.45, 2.75) is 26.3 Å². The van der Waals surface area contributed by atoms with Crippen molar-refractivity contribution in [2.75, 3.05) is 20.5 Å². The maximum Gasteiger partial charge on any atom is 0.461 e. The van der Waals surface area contributed by atoms with Gasteiger partial charge in [0.1, 0.15) is 6.44 Å². The molecule has 0 radical (unpaired) electrons. The zero-order chi connectivity index (χ0) is 20.2. The fourth-order valence-electron chi connectivity index (χ4n) is 4.67. The lowest BCUT2D eigenvalue weighted by molar-refractivity contribution is -0.903. The minimum Gasteiger partial charge on any atom is -0.676 e. The van der Waals surface area contributed by atoms with Gasteiger partial charge in [0.05, 0.1) is 42.8 Å². The van der Waals surface area contributed by atoms with E-state index in [-0.39, 0.29) is 0 Å². The lowest BCUT2D eigenvalue weighted by Crippen LogP contribution is -2.69. The second-order valence-electron chi connectivity index (χ2n) is 9.24. The Labute approximate surface area is 172 Å². The molecular formula is C24H28BN2O2+. The number of fused-ring (bicyclic) bond motifs is 5. The third-order valence-corrected chi connectivity index (χ3v) is 6.71. The maximum atomic E-state index is 6.85. The van der Waals surface area contributed by atoms with Gasteiger partial charge < -0.3 is 13.8 Å². The second kappa shape index (κ2) is 6.36. The van der Waals surface area contributed by atoms with E-state index in [1.807, 2.05) is 12.1 Å². The van der Waals surface area contributed by atoms with Gasteiger partial charge in [0.25, 0.3) is 0 Å². The Morgan fingerprint density at radius 2 is 1.34 bits per heavy atom. The fourth-order valence-corrected chi connectivity index (χ4v) is 4.67. The number of benzene rings is 2. The Balaban J connectivity index is 1.81. The van der Waals surface area contributed by atoms with E-state index in [0.29, 0.717) is 12.5 Å². The Kier molecular flexibility index (Phi) is 4.00. The molecule has 5 heteroatoms. The van der Waals surface area contributed by atoms with Crippen LogP contribution >= 0.6 is 0 Å². The number of aromatic nitrogens is 1. The maximum absolute atomic E-state index is 6.85. The highest BCUT2D eigenvalue weighted by molar-refractivity contribution is 6.67. The first kappa shape index (κ1) is 18.3. The average molecular weight is 387 g/mol. The molecule has 0 saturated carbocycles. The number of nitrogens with zero attached hydrogens (tertiary/aromatic N) is 2. The van der Waals surface area contributed by atoms with Crippen LogP contribution in [0.4, 0.5) is 0 Å². The number of quaternary nitrogens is 1. The van der Waals surface area contributed by atoms with E-state index >= 15 is 0 Å². The molecule has 0 saturated heterocycles. The summed E-state index contributed by atoms with van der Waals surface area (Å²) < 4.78 is 16.9. The van der Waals surface area contributed by atoms with Crippen LogP contribution in [0.5, 0.6) is 11.5 Å². The highest BCUT2D eigenvalue weighted by Crippen LogP contribution is 2.40. The number of para-hydroxylation sites is 2. The Hall–Kier alpha value is -2.79. The van der Waals surface area contributed by atoms with Crippen LogP contribution < -0.4 is 13.9 Å². The Bertz CT molecular complexity index is 1030. The molecule has 29 heavy (non-hydrogen) atoms. The summed E-state index contributed by atoms with van der Waals surface area (Å²) in [6, 6.07) is 23.6. The molecule has 1 aromatic heterocycles. The third kappa shape index (κ3) is 2.92. The normalized spacial score (nSPS) is 16.0. The SMILES string of the molecule is CC(C)[N+](C)(C)C[B-]12C[n+]3c(cccc3-c3ccccc3O1)-c1ccccc1O2. The Morgan fingerprint density at radius 1 is 0.828 bits per heavy atom. The largest absolute Gasteiger partial charge is 0.676 e. The number of hydrogen-bond donors (Lipinski definition) is 0. The zero-order valence-corrected chi connectivity index (χ0v) is 17.6. The molecule has 2 bridgehead atoms. The zero-order valence-electron chi connectivity index (χ0n) is 17.6. The van der Waals surface area contributed by atoms with Crippen molar-refractivity contribution in [1.29, 1.82) is 0 Å². The van der Waals surface area contributed by atoms with Gasteiger partial charge in [-0.15, -0.1) is 0 Å². The molecule has 0 aliphatic carbocycles.